The standard InChI is InChI=1S/C26H23N3O5S/c1-15-13-18(16(2)28(15)19-11-9-17(10-12-19)25(32)34-4)14-20-23(30)27-26(35)29(24(20)31)21-7-5-6-8-22(21)33-3/h5-14H,1-4H3,(H,27,30,35)/b20-14+. The van der Waals surface area contributed by atoms with Gasteiger partial charge in [0.05, 0.1) is 25.5 Å². The van der Waals surface area contributed by atoms with E-state index in [0.29, 0.717) is 22.6 Å². The van der Waals surface area contributed by atoms with Gasteiger partial charge in [0, 0.05) is 17.1 Å². The Bertz CT molecular complexity index is 1390. The summed E-state index contributed by atoms with van der Waals surface area (Å²) >= 11 is 5.29. The minimum absolute atomic E-state index is 0.0159. The molecule has 1 saturated heterocycles. The summed E-state index contributed by atoms with van der Waals surface area (Å²) in [5, 5.41) is 2.58. The molecule has 0 atom stereocenters. The van der Waals surface area contributed by atoms with Crippen molar-refractivity contribution in [2.75, 3.05) is 19.1 Å². The molecule has 1 N–H and O–H groups in total. The summed E-state index contributed by atoms with van der Waals surface area (Å²) in [6.07, 6.45) is 1.56. The summed E-state index contributed by atoms with van der Waals surface area (Å²) in [4.78, 5) is 39.2. The molecule has 2 aromatic carbocycles. The molecule has 1 fully saturated rings. The van der Waals surface area contributed by atoms with Crippen LogP contribution in [0.3, 0.4) is 0 Å². The molecule has 3 aromatic rings. The molecular weight excluding hydrogens is 466 g/mol. The van der Waals surface area contributed by atoms with Crippen LogP contribution in [0.1, 0.15) is 27.3 Å². The lowest BCUT2D eigenvalue weighted by atomic mass is 10.1. The van der Waals surface area contributed by atoms with Gasteiger partial charge in [-0.2, -0.15) is 0 Å². The van der Waals surface area contributed by atoms with Crippen LogP contribution < -0.4 is 15.0 Å². The van der Waals surface area contributed by atoms with E-state index in [2.05, 4.69) is 5.32 Å². The number of anilines is 1. The Hall–Kier alpha value is -4.24. The Morgan fingerprint density at radius 2 is 1.71 bits per heavy atom. The SMILES string of the molecule is COC(=O)c1ccc(-n2c(C)cc(/C=C3\C(=O)NC(=S)N(c4ccccc4OC)C3=O)c2C)cc1. The maximum atomic E-state index is 13.4. The lowest BCUT2D eigenvalue weighted by Crippen LogP contribution is -2.54. The van der Waals surface area contributed by atoms with E-state index in [1.807, 2.05) is 36.6 Å². The number of carbonyl (C=O) groups is 3. The molecule has 2 heterocycles. The van der Waals surface area contributed by atoms with E-state index in [4.69, 9.17) is 21.7 Å². The second-order valence-corrected chi connectivity index (χ2v) is 8.22. The second kappa shape index (κ2) is 9.55. The molecule has 0 unspecified atom stereocenters. The Morgan fingerprint density at radius 3 is 2.37 bits per heavy atom. The highest BCUT2D eigenvalue weighted by molar-refractivity contribution is 7.80. The van der Waals surface area contributed by atoms with Gasteiger partial charge in [-0.1, -0.05) is 12.1 Å². The van der Waals surface area contributed by atoms with Gasteiger partial charge in [-0.3, -0.25) is 14.9 Å². The molecule has 0 radical (unpaired) electrons. The Labute approximate surface area is 207 Å². The summed E-state index contributed by atoms with van der Waals surface area (Å²) in [6, 6.07) is 15.8. The topological polar surface area (TPSA) is 89.9 Å². The number of nitrogens with zero attached hydrogens (tertiary/aromatic N) is 2. The second-order valence-electron chi connectivity index (χ2n) is 7.83. The van der Waals surface area contributed by atoms with Crippen LogP contribution in [0.25, 0.3) is 11.8 Å². The quantitative estimate of drug-likeness (QED) is 0.254. The van der Waals surface area contributed by atoms with Gasteiger partial charge >= 0.3 is 5.97 Å². The van der Waals surface area contributed by atoms with Crippen LogP contribution in [0.15, 0.2) is 60.2 Å². The molecule has 0 spiro atoms. The number of ether oxygens (including phenoxy) is 2. The first-order chi connectivity index (χ1) is 16.8. The molecule has 0 bridgehead atoms. The zero-order valence-corrected chi connectivity index (χ0v) is 20.4. The van der Waals surface area contributed by atoms with Gasteiger partial charge in [-0.15, -0.1) is 0 Å². The highest BCUT2D eigenvalue weighted by atomic mass is 32.1. The third kappa shape index (κ3) is 4.33. The molecule has 2 amide bonds. The smallest absolute Gasteiger partial charge is 0.337 e. The minimum Gasteiger partial charge on any atom is -0.495 e. The van der Waals surface area contributed by atoms with Gasteiger partial charge in [0.1, 0.15) is 11.3 Å². The Balaban J connectivity index is 1.73. The van der Waals surface area contributed by atoms with Crippen molar-refractivity contribution in [2.24, 2.45) is 0 Å². The van der Waals surface area contributed by atoms with Crippen LogP contribution in [0, 0.1) is 13.8 Å². The van der Waals surface area contributed by atoms with Crippen LogP contribution in [-0.2, 0) is 14.3 Å². The van der Waals surface area contributed by atoms with E-state index < -0.39 is 17.8 Å². The molecule has 1 aromatic heterocycles. The molecule has 0 aliphatic carbocycles. The molecule has 9 heteroatoms. The molecule has 8 nitrogen and oxygen atoms in total. The number of aryl methyl sites for hydroxylation is 1. The number of aromatic nitrogens is 1. The number of benzene rings is 2. The number of para-hydroxylation sites is 2. The number of esters is 1. The number of hydrogen-bond acceptors (Lipinski definition) is 6. The van der Waals surface area contributed by atoms with E-state index in [9.17, 15) is 14.4 Å². The highest BCUT2D eigenvalue weighted by Gasteiger charge is 2.36. The van der Waals surface area contributed by atoms with Crippen LogP contribution >= 0.6 is 12.2 Å². The summed E-state index contributed by atoms with van der Waals surface area (Å²) in [6.45, 7) is 3.81. The predicted molar refractivity (Wildman–Crippen MR) is 136 cm³/mol. The number of hydrogen-bond donors (Lipinski definition) is 1. The van der Waals surface area contributed by atoms with E-state index in [0.717, 1.165) is 17.1 Å². The van der Waals surface area contributed by atoms with Crippen molar-refractivity contribution >= 4 is 46.9 Å². The first-order valence-corrected chi connectivity index (χ1v) is 11.1. The third-order valence-corrected chi connectivity index (χ3v) is 6.03. The summed E-state index contributed by atoms with van der Waals surface area (Å²) in [5.41, 5.74) is 4.06. The molecule has 0 saturated carbocycles. The number of carbonyl (C=O) groups excluding carboxylic acids is 3. The van der Waals surface area contributed by atoms with Crippen molar-refractivity contribution in [2.45, 2.75) is 13.8 Å². The molecule has 178 valence electrons. The van der Waals surface area contributed by atoms with Crippen molar-refractivity contribution in [3.8, 4) is 11.4 Å². The maximum Gasteiger partial charge on any atom is 0.337 e. The van der Waals surface area contributed by atoms with Gasteiger partial charge in [0.15, 0.2) is 5.11 Å². The van der Waals surface area contributed by atoms with Gasteiger partial charge < -0.3 is 14.0 Å². The Kier molecular flexibility index (Phi) is 6.52. The fourth-order valence-electron chi connectivity index (χ4n) is 4.04. The molecule has 1 aliphatic heterocycles. The number of nitrogens with one attached hydrogen (secondary N) is 1. The van der Waals surface area contributed by atoms with E-state index in [1.165, 1.54) is 19.1 Å². The first kappa shape index (κ1) is 23.9. The van der Waals surface area contributed by atoms with Crippen molar-refractivity contribution < 1.29 is 23.9 Å². The average Bonchev–Trinajstić information content (AvgIpc) is 3.14. The largest absolute Gasteiger partial charge is 0.495 e. The summed E-state index contributed by atoms with van der Waals surface area (Å²) in [5.74, 6) is -1.08. The van der Waals surface area contributed by atoms with Crippen LogP contribution in [0.2, 0.25) is 0 Å². The molecule has 4 rings (SSSR count). The lowest BCUT2D eigenvalue weighted by Gasteiger charge is -2.29. The van der Waals surface area contributed by atoms with Crippen LogP contribution in [-0.4, -0.2) is 41.7 Å². The van der Waals surface area contributed by atoms with Crippen molar-refractivity contribution in [3.63, 3.8) is 0 Å². The summed E-state index contributed by atoms with van der Waals surface area (Å²) < 4.78 is 12.1. The number of thiocarbonyl (C=S) groups is 1. The molecular formula is C26H23N3O5S. The van der Waals surface area contributed by atoms with Crippen molar-refractivity contribution in [3.05, 3.63) is 82.7 Å². The fourth-order valence-corrected chi connectivity index (χ4v) is 4.32. The van der Waals surface area contributed by atoms with Crippen molar-refractivity contribution in [1.29, 1.82) is 0 Å². The van der Waals surface area contributed by atoms with E-state index in [-0.39, 0.29) is 10.7 Å². The van der Waals surface area contributed by atoms with Crippen molar-refractivity contribution in [1.82, 2.24) is 9.88 Å². The monoisotopic (exact) mass is 489 g/mol. The van der Waals surface area contributed by atoms with E-state index >= 15 is 0 Å². The number of amides is 2. The van der Waals surface area contributed by atoms with Gasteiger partial charge in [0.25, 0.3) is 11.8 Å². The zero-order chi connectivity index (χ0) is 25.3. The number of rotatable bonds is 5. The fraction of sp³-hybridized carbons (Fsp3) is 0.154. The zero-order valence-electron chi connectivity index (χ0n) is 19.6. The van der Waals surface area contributed by atoms with E-state index in [1.54, 1.807) is 42.5 Å². The minimum atomic E-state index is -0.571. The first-order valence-electron chi connectivity index (χ1n) is 10.7. The third-order valence-electron chi connectivity index (χ3n) is 5.74. The highest BCUT2D eigenvalue weighted by Crippen LogP contribution is 2.31. The van der Waals surface area contributed by atoms with Gasteiger partial charge in [-0.25, -0.2) is 9.69 Å². The van der Waals surface area contributed by atoms with Crippen LogP contribution in [0.4, 0.5) is 5.69 Å². The van der Waals surface area contributed by atoms with Gasteiger partial charge in [-0.05, 0) is 80.2 Å². The Morgan fingerprint density at radius 1 is 1.03 bits per heavy atom. The van der Waals surface area contributed by atoms with Crippen LogP contribution in [0.5, 0.6) is 5.75 Å². The molecule has 1 aliphatic rings. The molecule has 35 heavy (non-hydrogen) atoms. The lowest BCUT2D eigenvalue weighted by molar-refractivity contribution is -0.122. The average molecular weight is 490 g/mol. The predicted octanol–water partition coefficient (Wildman–Crippen LogP) is 3.72. The summed E-state index contributed by atoms with van der Waals surface area (Å²) in [7, 11) is 2.83. The number of methoxy groups -OCH3 is 2. The maximum absolute atomic E-state index is 13.4. The normalized spacial score (nSPS) is 14.8. The van der Waals surface area contributed by atoms with Gasteiger partial charge in [0.2, 0.25) is 0 Å².